The predicted octanol–water partition coefficient (Wildman–Crippen LogP) is 2.16. The number of hydroxylamine groups is 2. The molecular formula is C21H28N2O6S. The van der Waals surface area contributed by atoms with Crippen LogP contribution >= 0.6 is 0 Å². The predicted molar refractivity (Wildman–Crippen MR) is 113 cm³/mol. The van der Waals surface area contributed by atoms with Gasteiger partial charge in [-0.1, -0.05) is 24.3 Å². The van der Waals surface area contributed by atoms with Crippen molar-refractivity contribution in [1.29, 1.82) is 0 Å². The van der Waals surface area contributed by atoms with Gasteiger partial charge in [-0.15, -0.1) is 0 Å². The summed E-state index contributed by atoms with van der Waals surface area (Å²) in [6, 6.07) is 12.5. The third kappa shape index (κ3) is 4.70. The molecule has 2 aromatic carbocycles. The molecular weight excluding hydrogens is 408 g/mol. The van der Waals surface area contributed by atoms with Gasteiger partial charge < -0.3 is 14.2 Å². The van der Waals surface area contributed by atoms with Gasteiger partial charge in [0.25, 0.3) is 0 Å². The second kappa shape index (κ2) is 9.65. The van der Waals surface area contributed by atoms with Crippen LogP contribution in [0.25, 0.3) is 0 Å². The Labute approximate surface area is 177 Å². The Balaban J connectivity index is 1.76. The summed E-state index contributed by atoms with van der Waals surface area (Å²) in [5, 5.41) is 0.809. The maximum atomic E-state index is 13.1. The Hall–Kier alpha value is -2.33. The van der Waals surface area contributed by atoms with E-state index < -0.39 is 21.3 Å². The molecule has 3 rings (SSSR count). The number of nitrogens with zero attached hydrogens (tertiary/aromatic N) is 1. The molecule has 0 bridgehead atoms. The van der Waals surface area contributed by atoms with Crippen LogP contribution < -0.4 is 18.9 Å². The van der Waals surface area contributed by atoms with Gasteiger partial charge in [0.05, 0.1) is 34.0 Å². The molecule has 164 valence electrons. The molecule has 2 aromatic rings. The maximum Gasteiger partial charge on any atom is 0.218 e. The number of hydrogen-bond donors (Lipinski definition) is 1. The van der Waals surface area contributed by atoms with Crippen molar-refractivity contribution in [3.63, 3.8) is 0 Å². The van der Waals surface area contributed by atoms with E-state index in [0.717, 1.165) is 16.9 Å². The minimum Gasteiger partial charge on any atom is -0.496 e. The van der Waals surface area contributed by atoms with E-state index in [1.807, 2.05) is 30.3 Å². The molecule has 0 spiro atoms. The molecule has 0 saturated carbocycles. The highest BCUT2D eigenvalue weighted by Gasteiger charge is 2.43. The monoisotopic (exact) mass is 436 g/mol. The number of methoxy groups -OCH3 is 3. The van der Waals surface area contributed by atoms with E-state index >= 15 is 0 Å². The summed E-state index contributed by atoms with van der Waals surface area (Å²) in [5.41, 5.74) is 1.71. The molecule has 2 atom stereocenters. The SMILES string of the molecule is COc1ccccc1CCNS(=O)(=O)[C@@H]1CON(C)[C@@H]1c1ccc(OC)c(OC)c1. The molecule has 0 aliphatic carbocycles. The summed E-state index contributed by atoms with van der Waals surface area (Å²) in [7, 11) is 2.79. The van der Waals surface area contributed by atoms with E-state index in [4.69, 9.17) is 19.0 Å². The maximum absolute atomic E-state index is 13.1. The summed E-state index contributed by atoms with van der Waals surface area (Å²) in [6.45, 7) is 0.334. The summed E-state index contributed by atoms with van der Waals surface area (Å²) >= 11 is 0. The quantitative estimate of drug-likeness (QED) is 0.645. The van der Waals surface area contributed by atoms with Crippen LogP contribution in [0.4, 0.5) is 0 Å². The Bertz CT molecular complexity index is 966. The largest absolute Gasteiger partial charge is 0.496 e. The molecule has 0 aromatic heterocycles. The first kappa shape index (κ1) is 22.4. The van der Waals surface area contributed by atoms with Crippen LogP contribution in [0.5, 0.6) is 17.2 Å². The molecule has 1 aliphatic rings. The highest BCUT2D eigenvalue weighted by atomic mass is 32.2. The number of hydrogen-bond acceptors (Lipinski definition) is 7. The van der Waals surface area contributed by atoms with Crippen LogP contribution in [-0.2, 0) is 21.3 Å². The summed E-state index contributed by atoms with van der Waals surface area (Å²) in [4.78, 5) is 5.57. The van der Waals surface area contributed by atoms with Gasteiger partial charge in [-0.05, 0) is 35.7 Å². The fourth-order valence-corrected chi connectivity index (χ4v) is 5.17. The van der Waals surface area contributed by atoms with E-state index in [1.165, 1.54) is 0 Å². The van der Waals surface area contributed by atoms with Crippen molar-refractivity contribution in [2.75, 3.05) is 41.5 Å². The van der Waals surface area contributed by atoms with Crippen molar-refractivity contribution in [2.24, 2.45) is 0 Å². The number of rotatable bonds is 9. The molecule has 1 N–H and O–H groups in total. The van der Waals surface area contributed by atoms with E-state index in [1.54, 1.807) is 45.6 Å². The number of para-hydroxylation sites is 1. The Morgan fingerprint density at radius 1 is 1.03 bits per heavy atom. The third-order valence-corrected chi connectivity index (χ3v) is 7.02. The average molecular weight is 437 g/mol. The second-order valence-electron chi connectivity index (χ2n) is 6.94. The number of ether oxygens (including phenoxy) is 3. The summed E-state index contributed by atoms with van der Waals surface area (Å²) < 4.78 is 44.9. The highest BCUT2D eigenvalue weighted by molar-refractivity contribution is 7.90. The van der Waals surface area contributed by atoms with Crippen LogP contribution in [0.2, 0.25) is 0 Å². The lowest BCUT2D eigenvalue weighted by Crippen LogP contribution is -2.40. The van der Waals surface area contributed by atoms with Gasteiger partial charge in [-0.2, -0.15) is 5.06 Å². The van der Waals surface area contributed by atoms with Gasteiger partial charge in [-0.25, -0.2) is 13.1 Å². The van der Waals surface area contributed by atoms with Crippen LogP contribution in [0.3, 0.4) is 0 Å². The lowest BCUT2D eigenvalue weighted by atomic mass is 10.0. The van der Waals surface area contributed by atoms with Gasteiger partial charge in [0.2, 0.25) is 10.0 Å². The molecule has 8 nitrogen and oxygen atoms in total. The second-order valence-corrected chi connectivity index (χ2v) is 8.93. The Morgan fingerprint density at radius 3 is 2.43 bits per heavy atom. The molecule has 1 aliphatic heterocycles. The zero-order valence-electron chi connectivity index (χ0n) is 17.6. The Morgan fingerprint density at radius 2 is 1.73 bits per heavy atom. The molecule has 0 amide bonds. The van der Waals surface area contributed by atoms with Crippen LogP contribution in [-0.4, -0.2) is 60.3 Å². The molecule has 0 radical (unpaired) electrons. The summed E-state index contributed by atoms with van der Waals surface area (Å²) in [6.07, 6.45) is 0.522. The first-order chi connectivity index (χ1) is 14.4. The van der Waals surface area contributed by atoms with E-state index in [0.29, 0.717) is 17.9 Å². The molecule has 9 heteroatoms. The van der Waals surface area contributed by atoms with Crippen molar-refractivity contribution in [3.05, 3.63) is 53.6 Å². The zero-order chi connectivity index (χ0) is 21.7. The molecule has 0 unspecified atom stereocenters. The van der Waals surface area contributed by atoms with Crippen molar-refractivity contribution >= 4 is 10.0 Å². The minimum absolute atomic E-state index is 0.0690. The Kier molecular flexibility index (Phi) is 7.19. The van der Waals surface area contributed by atoms with E-state index in [9.17, 15) is 8.42 Å². The number of benzene rings is 2. The fourth-order valence-electron chi connectivity index (χ4n) is 3.66. The average Bonchev–Trinajstić information content (AvgIpc) is 3.15. The summed E-state index contributed by atoms with van der Waals surface area (Å²) in [5.74, 6) is 1.86. The zero-order valence-corrected chi connectivity index (χ0v) is 18.4. The van der Waals surface area contributed by atoms with Crippen molar-refractivity contribution in [1.82, 2.24) is 9.79 Å². The number of nitrogens with one attached hydrogen (secondary N) is 1. The van der Waals surface area contributed by atoms with Crippen LogP contribution in [0.15, 0.2) is 42.5 Å². The van der Waals surface area contributed by atoms with Crippen LogP contribution in [0.1, 0.15) is 17.2 Å². The van der Waals surface area contributed by atoms with Crippen molar-refractivity contribution in [3.8, 4) is 17.2 Å². The van der Waals surface area contributed by atoms with Crippen molar-refractivity contribution < 1.29 is 27.5 Å². The van der Waals surface area contributed by atoms with E-state index in [2.05, 4.69) is 4.72 Å². The molecule has 1 heterocycles. The lowest BCUT2D eigenvalue weighted by Gasteiger charge is -2.24. The number of sulfonamides is 1. The van der Waals surface area contributed by atoms with E-state index in [-0.39, 0.29) is 13.2 Å². The molecule has 1 saturated heterocycles. The molecule has 30 heavy (non-hydrogen) atoms. The topological polar surface area (TPSA) is 86.3 Å². The van der Waals surface area contributed by atoms with Gasteiger partial charge in [0.15, 0.2) is 11.5 Å². The normalized spacial score (nSPS) is 19.6. The first-order valence-corrected chi connectivity index (χ1v) is 11.1. The minimum atomic E-state index is -3.64. The first-order valence-electron chi connectivity index (χ1n) is 9.59. The lowest BCUT2D eigenvalue weighted by molar-refractivity contribution is -0.110. The van der Waals surface area contributed by atoms with Gasteiger partial charge in [0, 0.05) is 13.6 Å². The van der Waals surface area contributed by atoms with Gasteiger partial charge >= 0.3 is 0 Å². The van der Waals surface area contributed by atoms with Gasteiger partial charge in [-0.3, -0.25) is 4.84 Å². The molecule has 1 fully saturated rings. The van der Waals surface area contributed by atoms with Crippen molar-refractivity contribution in [2.45, 2.75) is 17.7 Å². The highest BCUT2D eigenvalue weighted by Crippen LogP contribution is 2.37. The fraction of sp³-hybridized carbons (Fsp3) is 0.429. The standard InChI is InChI=1S/C21H28N2O6S/c1-23-21(16-9-10-18(27-3)19(13-16)28-4)20(14-29-23)30(24,25)22-12-11-15-7-5-6-8-17(15)26-2/h5-10,13,20-22H,11-12,14H2,1-4H3/t20-,21-/m1/s1. The smallest absolute Gasteiger partial charge is 0.218 e. The van der Waals surface area contributed by atoms with Gasteiger partial charge in [0.1, 0.15) is 11.0 Å². The van der Waals surface area contributed by atoms with Crippen LogP contribution in [0, 0.1) is 0 Å². The third-order valence-electron chi connectivity index (χ3n) is 5.22.